The van der Waals surface area contributed by atoms with Crippen molar-refractivity contribution in [1.82, 2.24) is 0 Å². The van der Waals surface area contributed by atoms with Gasteiger partial charge in [-0.1, -0.05) is 41.0 Å². The molecular formula is C13H29NO. The van der Waals surface area contributed by atoms with Crippen molar-refractivity contribution < 1.29 is 5.11 Å². The van der Waals surface area contributed by atoms with Crippen molar-refractivity contribution in [3.05, 3.63) is 0 Å². The summed E-state index contributed by atoms with van der Waals surface area (Å²) in [5, 5.41) is 10.1. The van der Waals surface area contributed by atoms with E-state index >= 15 is 0 Å². The molecule has 0 fully saturated rings. The molecule has 3 atom stereocenters. The van der Waals surface area contributed by atoms with E-state index in [1.807, 2.05) is 0 Å². The molecule has 0 amide bonds. The summed E-state index contributed by atoms with van der Waals surface area (Å²) in [4.78, 5) is 0. The van der Waals surface area contributed by atoms with Crippen LogP contribution in [0.1, 0.15) is 53.9 Å². The summed E-state index contributed by atoms with van der Waals surface area (Å²) in [6.07, 6.45) is 2.77. The molecule has 2 nitrogen and oxygen atoms in total. The third-order valence-electron chi connectivity index (χ3n) is 3.58. The van der Waals surface area contributed by atoms with Gasteiger partial charge in [0.2, 0.25) is 0 Å². The Morgan fingerprint density at radius 1 is 1.27 bits per heavy atom. The van der Waals surface area contributed by atoms with Gasteiger partial charge in [0.15, 0.2) is 0 Å². The first-order chi connectivity index (χ1) is 6.82. The van der Waals surface area contributed by atoms with Gasteiger partial charge in [-0.15, -0.1) is 0 Å². The molecule has 2 heteroatoms. The van der Waals surface area contributed by atoms with Crippen LogP contribution in [0.2, 0.25) is 0 Å². The van der Waals surface area contributed by atoms with E-state index in [-0.39, 0.29) is 17.4 Å². The smallest absolute Gasteiger partial charge is 0.0583 e. The molecule has 0 aliphatic carbocycles. The Bertz CT molecular complexity index is 162. The molecule has 0 radical (unpaired) electrons. The lowest BCUT2D eigenvalue weighted by atomic mass is 9.77. The van der Waals surface area contributed by atoms with Gasteiger partial charge in [0.1, 0.15) is 0 Å². The van der Waals surface area contributed by atoms with Gasteiger partial charge in [-0.3, -0.25) is 0 Å². The third kappa shape index (κ3) is 5.53. The maximum absolute atomic E-state index is 10.1. The zero-order valence-corrected chi connectivity index (χ0v) is 11.1. The molecule has 92 valence electrons. The van der Waals surface area contributed by atoms with Crippen LogP contribution in [0.25, 0.3) is 0 Å². The van der Waals surface area contributed by atoms with Crippen molar-refractivity contribution in [2.75, 3.05) is 6.54 Å². The molecule has 0 aromatic rings. The number of hydrogen-bond acceptors (Lipinski definition) is 2. The van der Waals surface area contributed by atoms with Crippen LogP contribution in [0, 0.1) is 17.3 Å². The lowest BCUT2D eigenvalue weighted by Gasteiger charge is -2.31. The first kappa shape index (κ1) is 14.9. The summed E-state index contributed by atoms with van der Waals surface area (Å²) in [6.45, 7) is 11.6. The van der Waals surface area contributed by atoms with Crippen LogP contribution in [0.15, 0.2) is 0 Å². The van der Waals surface area contributed by atoms with E-state index in [1.165, 1.54) is 0 Å². The Kier molecular flexibility index (Phi) is 6.46. The highest BCUT2D eigenvalue weighted by molar-refractivity contribution is 4.77. The molecule has 0 aromatic heterocycles. The van der Waals surface area contributed by atoms with Crippen molar-refractivity contribution in [1.29, 1.82) is 0 Å². The Balaban J connectivity index is 4.15. The molecule has 0 spiro atoms. The van der Waals surface area contributed by atoms with Crippen molar-refractivity contribution in [3.8, 4) is 0 Å². The monoisotopic (exact) mass is 215 g/mol. The van der Waals surface area contributed by atoms with E-state index in [4.69, 9.17) is 5.73 Å². The Morgan fingerprint density at radius 2 is 1.80 bits per heavy atom. The number of rotatable bonds is 6. The van der Waals surface area contributed by atoms with E-state index in [0.29, 0.717) is 12.5 Å². The molecule has 0 bridgehead atoms. The SMILES string of the molecule is CCCC(CN)C(O)CC(C)C(C)(C)C. The summed E-state index contributed by atoms with van der Waals surface area (Å²) in [6, 6.07) is 0. The molecule has 0 heterocycles. The summed E-state index contributed by atoms with van der Waals surface area (Å²) in [5.41, 5.74) is 5.95. The lowest BCUT2D eigenvalue weighted by Crippen LogP contribution is -2.32. The van der Waals surface area contributed by atoms with Gasteiger partial charge in [0.25, 0.3) is 0 Å². The average molecular weight is 215 g/mol. The molecule has 0 saturated carbocycles. The molecule has 0 rings (SSSR count). The fraction of sp³-hybridized carbons (Fsp3) is 1.00. The standard InChI is InChI=1S/C13H29NO/c1-6-7-11(9-14)12(15)8-10(2)13(3,4)5/h10-12,15H,6-9,14H2,1-5H3. The number of nitrogens with two attached hydrogens (primary N) is 1. The van der Waals surface area contributed by atoms with E-state index in [2.05, 4.69) is 34.6 Å². The maximum atomic E-state index is 10.1. The predicted octanol–water partition coefficient (Wildman–Crippen LogP) is 2.79. The first-order valence-corrected chi connectivity index (χ1v) is 6.21. The maximum Gasteiger partial charge on any atom is 0.0583 e. The summed E-state index contributed by atoms with van der Waals surface area (Å²) in [5.74, 6) is 0.804. The molecular weight excluding hydrogens is 186 g/mol. The summed E-state index contributed by atoms with van der Waals surface area (Å²) >= 11 is 0. The molecule has 15 heavy (non-hydrogen) atoms. The summed E-state index contributed by atoms with van der Waals surface area (Å²) < 4.78 is 0. The van der Waals surface area contributed by atoms with E-state index < -0.39 is 0 Å². The van der Waals surface area contributed by atoms with Crippen LogP contribution >= 0.6 is 0 Å². The Hall–Kier alpha value is -0.0800. The molecule has 0 aliphatic heterocycles. The highest BCUT2D eigenvalue weighted by Crippen LogP contribution is 2.30. The van der Waals surface area contributed by atoms with Crippen LogP contribution in [0.4, 0.5) is 0 Å². The third-order valence-corrected chi connectivity index (χ3v) is 3.58. The normalized spacial score (nSPS) is 18.6. The molecule has 3 N–H and O–H groups in total. The second kappa shape index (κ2) is 6.49. The van der Waals surface area contributed by atoms with E-state index in [0.717, 1.165) is 19.3 Å². The number of hydrogen-bond donors (Lipinski definition) is 2. The van der Waals surface area contributed by atoms with E-state index in [9.17, 15) is 5.11 Å². The Labute approximate surface area is 95.3 Å². The van der Waals surface area contributed by atoms with Gasteiger partial charge in [0.05, 0.1) is 6.10 Å². The largest absolute Gasteiger partial charge is 0.393 e. The van der Waals surface area contributed by atoms with Crippen molar-refractivity contribution >= 4 is 0 Å². The van der Waals surface area contributed by atoms with Crippen molar-refractivity contribution in [2.24, 2.45) is 23.0 Å². The second-order valence-corrected chi connectivity index (χ2v) is 5.85. The van der Waals surface area contributed by atoms with Crippen LogP contribution < -0.4 is 5.73 Å². The van der Waals surface area contributed by atoms with Crippen LogP contribution in [-0.2, 0) is 0 Å². The van der Waals surface area contributed by atoms with Crippen molar-refractivity contribution in [2.45, 2.75) is 60.0 Å². The lowest BCUT2D eigenvalue weighted by molar-refractivity contribution is 0.0608. The van der Waals surface area contributed by atoms with Crippen LogP contribution in [0.3, 0.4) is 0 Å². The zero-order chi connectivity index (χ0) is 12.1. The molecule has 3 unspecified atom stereocenters. The van der Waals surface area contributed by atoms with Gasteiger partial charge >= 0.3 is 0 Å². The van der Waals surface area contributed by atoms with Gasteiger partial charge < -0.3 is 10.8 Å². The molecule has 0 aliphatic rings. The predicted molar refractivity (Wildman–Crippen MR) is 66.7 cm³/mol. The number of aliphatic hydroxyl groups excluding tert-OH is 1. The second-order valence-electron chi connectivity index (χ2n) is 5.85. The average Bonchev–Trinajstić information content (AvgIpc) is 2.12. The van der Waals surface area contributed by atoms with Gasteiger partial charge in [-0.25, -0.2) is 0 Å². The highest BCUT2D eigenvalue weighted by Gasteiger charge is 2.26. The fourth-order valence-corrected chi connectivity index (χ4v) is 1.75. The minimum absolute atomic E-state index is 0.232. The minimum Gasteiger partial charge on any atom is -0.393 e. The molecule has 0 saturated heterocycles. The number of aliphatic hydroxyl groups is 1. The quantitative estimate of drug-likeness (QED) is 0.715. The van der Waals surface area contributed by atoms with Crippen LogP contribution in [0.5, 0.6) is 0 Å². The van der Waals surface area contributed by atoms with E-state index in [1.54, 1.807) is 0 Å². The van der Waals surface area contributed by atoms with Crippen LogP contribution in [-0.4, -0.2) is 17.8 Å². The Morgan fingerprint density at radius 3 is 2.13 bits per heavy atom. The first-order valence-electron chi connectivity index (χ1n) is 6.21. The van der Waals surface area contributed by atoms with Crippen molar-refractivity contribution in [3.63, 3.8) is 0 Å². The highest BCUT2D eigenvalue weighted by atomic mass is 16.3. The fourth-order valence-electron chi connectivity index (χ4n) is 1.75. The minimum atomic E-state index is -0.232. The van der Waals surface area contributed by atoms with Gasteiger partial charge in [-0.2, -0.15) is 0 Å². The summed E-state index contributed by atoms with van der Waals surface area (Å²) in [7, 11) is 0. The van der Waals surface area contributed by atoms with Gasteiger partial charge in [-0.05, 0) is 36.6 Å². The topological polar surface area (TPSA) is 46.2 Å². The zero-order valence-electron chi connectivity index (χ0n) is 11.1. The van der Waals surface area contributed by atoms with Gasteiger partial charge in [0, 0.05) is 0 Å². The molecule has 0 aromatic carbocycles.